The van der Waals surface area contributed by atoms with Crippen LogP contribution in [0.15, 0.2) is 6.07 Å². The van der Waals surface area contributed by atoms with Gasteiger partial charge in [0.1, 0.15) is 11.0 Å². The molecule has 1 N–H and O–H groups in total. The van der Waals surface area contributed by atoms with Crippen molar-refractivity contribution in [2.75, 3.05) is 11.9 Å². The maximum Gasteiger partial charge on any atom is 0.451 e. The highest BCUT2D eigenvalue weighted by molar-refractivity contribution is 6.29. The van der Waals surface area contributed by atoms with Gasteiger partial charge < -0.3 is 10.1 Å². The van der Waals surface area contributed by atoms with Gasteiger partial charge in [0, 0.05) is 18.7 Å². The van der Waals surface area contributed by atoms with Crippen LogP contribution in [0.4, 0.5) is 19.0 Å². The fourth-order valence-corrected chi connectivity index (χ4v) is 2.14. The van der Waals surface area contributed by atoms with Gasteiger partial charge in [-0.25, -0.2) is 9.97 Å². The van der Waals surface area contributed by atoms with E-state index in [1.807, 2.05) is 6.92 Å². The molecule has 0 radical (unpaired) electrons. The van der Waals surface area contributed by atoms with Gasteiger partial charge >= 0.3 is 6.18 Å². The van der Waals surface area contributed by atoms with E-state index < -0.39 is 12.0 Å². The maximum atomic E-state index is 12.6. The highest BCUT2D eigenvalue weighted by atomic mass is 35.5. The van der Waals surface area contributed by atoms with Crippen molar-refractivity contribution in [2.24, 2.45) is 0 Å². The van der Waals surface area contributed by atoms with Gasteiger partial charge in [0.2, 0.25) is 5.82 Å². The van der Waals surface area contributed by atoms with E-state index in [1.54, 1.807) is 0 Å². The largest absolute Gasteiger partial charge is 0.451 e. The Hall–Kier alpha value is -1.08. The van der Waals surface area contributed by atoms with E-state index in [2.05, 4.69) is 15.3 Å². The minimum atomic E-state index is -4.61. The maximum absolute atomic E-state index is 12.6. The average molecular weight is 296 g/mol. The van der Waals surface area contributed by atoms with Crippen LogP contribution in [0.5, 0.6) is 0 Å². The fraction of sp³-hybridized carbons (Fsp3) is 0.636. The number of anilines is 1. The summed E-state index contributed by atoms with van der Waals surface area (Å²) in [5.74, 6) is -1.14. The van der Waals surface area contributed by atoms with Crippen molar-refractivity contribution >= 4 is 17.4 Å². The van der Waals surface area contributed by atoms with E-state index in [1.165, 1.54) is 6.07 Å². The summed E-state index contributed by atoms with van der Waals surface area (Å²) in [5, 5.41) is 2.72. The minimum absolute atomic E-state index is 0.0239. The zero-order valence-corrected chi connectivity index (χ0v) is 10.9. The second kappa shape index (κ2) is 5.50. The number of hydrogen-bond donors (Lipinski definition) is 1. The van der Waals surface area contributed by atoms with Crippen molar-refractivity contribution in [2.45, 2.75) is 38.1 Å². The molecule has 2 heterocycles. The van der Waals surface area contributed by atoms with Gasteiger partial charge in [0.05, 0.1) is 6.10 Å². The molecule has 0 aliphatic carbocycles. The summed E-state index contributed by atoms with van der Waals surface area (Å²) in [4.78, 5) is 6.63. The Kier molecular flexibility index (Phi) is 4.15. The molecule has 1 saturated heterocycles. The normalized spacial score (nSPS) is 24.3. The van der Waals surface area contributed by atoms with Crippen LogP contribution < -0.4 is 5.32 Å². The molecule has 2 rings (SSSR count). The third kappa shape index (κ3) is 3.94. The first kappa shape index (κ1) is 14.3. The Labute approximate surface area is 113 Å². The molecule has 1 aliphatic rings. The van der Waals surface area contributed by atoms with Crippen molar-refractivity contribution < 1.29 is 17.9 Å². The highest BCUT2D eigenvalue weighted by Crippen LogP contribution is 2.28. The first-order valence-electron chi connectivity index (χ1n) is 5.84. The summed E-state index contributed by atoms with van der Waals surface area (Å²) < 4.78 is 43.0. The van der Waals surface area contributed by atoms with E-state index in [0.717, 1.165) is 0 Å². The average Bonchev–Trinajstić information content (AvgIpc) is 2.26. The minimum Gasteiger partial charge on any atom is -0.378 e. The van der Waals surface area contributed by atoms with Crippen LogP contribution in [0.1, 0.15) is 25.6 Å². The zero-order chi connectivity index (χ0) is 14.0. The molecule has 0 spiro atoms. The summed E-state index contributed by atoms with van der Waals surface area (Å²) in [7, 11) is 0. The Bertz CT molecular complexity index is 455. The molecule has 2 atom stereocenters. The topological polar surface area (TPSA) is 47.0 Å². The van der Waals surface area contributed by atoms with Crippen LogP contribution in [-0.2, 0) is 10.9 Å². The van der Waals surface area contributed by atoms with Crippen molar-refractivity contribution in [3.8, 4) is 0 Å². The van der Waals surface area contributed by atoms with Crippen LogP contribution in [-0.4, -0.2) is 28.7 Å². The van der Waals surface area contributed by atoms with Gasteiger partial charge in [-0.05, 0) is 19.8 Å². The van der Waals surface area contributed by atoms with Gasteiger partial charge in [0.15, 0.2) is 0 Å². The molecule has 1 aliphatic heterocycles. The van der Waals surface area contributed by atoms with Crippen molar-refractivity contribution in [3.05, 3.63) is 17.0 Å². The van der Waals surface area contributed by atoms with E-state index in [4.69, 9.17) is 16.3 Å². The molecule has 2 unspecified atom stereocenters. The predicted molar refractivity (Wildman–Crippen MR) is 64.1 cm³/mol. The lowest BCUT2D eigenvalue weighted by molar-refractivity contribution is -0.144. The lowest BCUT2D eigenvalue weighted by Crippen LogP contribution is -2.33. The van der Waals surface area contributed by atoms with Crippen LogP contribution >= 0.6 is 11.6 Å². The van der Waals surface area contributed by atoms with Gasteiger partial charge in [-0.2, -0.15) is 13.2 Å². The number of hydrogen-bond acceptors (Lipinski definition) is 4. The monoisotopic (exact) mass is 295 g/mol. The van der Waals surface area contributed by atoms with Crippen molar-refractivity contribution in [1.29, 1.82) is 0 Å². The first-order chi connectivity index (χ1) is 8.84. The van der Waals surface area contributed by atoms with Crippen LogP contribution in [0.2, 0.25) is 5.15 Å². The number of halogens is 4. The lowest BCUT2D eigenvalue weighted by Gasteiger charge is -2.28. The van der Waals surface area contributed by atoms with E-state index in [0.29, 0.717) is 19.4 Å². The lowest BCUT2D eigenvalue weighted by atomic mass is 10.0. The second-order valence-corrected chi connectivity index (χ2v) is 4.83. The smallest absolute Gasteiger partial charge is 0.378 e. The quantitative estimate of drug-likeness (QED) is 0.852. The molecular formula is C11H13ClF3N3O. The van der Waals surface area contributed by atoms with Crippen LogP contribution in [0, 0.1) is 0 Å². The molecule has 106 valence electrons. The molecule has 1 aromatic heterocycles. The third-order valence-corrected chi connectivity index (χ3v) is 2.98. The molecule has 1 aromatic rings. The number of nitrogens with one attached hydrogen (secondary N) is 1. The van der Waals surface area contributed by atoms with Gasteiger partial charge in [-0.3, -0.25) is 0 Å². The van der Waals surface area contributed by atoms with Crippen LogP contribution in [0.3, 0.4) is 0 Å². The summed E-state index contributed by atoms with van der Waals surface area (Å²) in [5.41, 5.74) is 0. The molecule has 0 saturated carbocycles. The number of nitrogens with zero attached hydrogens (tertiary/aromatic N) is 2. The standard InChI is InChI=1S/C11H13ClF3N3O/c1-6-4-7(2-3-19-6)16-9-5-8(12)17-10(18-9)11(13,14)15/h5-7H,2-4H2,1H3,(H,16,17,18). The third-order valence-electron chi connectivity index (χ3n) is 2.79. The predicted octanol–water partition coefficient (Wildman–Crippen LogP) is 3.13. The fourth-order valence-electron chi connectivity index (χ4n) is 1.96. The van der Waals surface area contributed by atoms with Gasteiger partial charge in [-0.1, -0.05) is 11.6 Å². The molecule has 8 heteroatoms. The summed E-state index contributed by atoms with van der Waals surface area (Å²) in [6.07, 6.45) is -3.11. The first-order valence-corrected chi connectivity index (χ1v) is 6.22. The number of aromatic nitrogens is 2. The summed E-state index contributed by atoms with van der Waals surface area (Å²) in [6.45, 7) is 2.49. The summed E-state index contributed by atoms with van der Waals surface area (Å²) >= 11 is 5.59. The second-order valence-electron chi connectivity index (χ2n) is 4.44. The molecular weight excluding hydrogens is 283 g/mol. The Morgan fingerprint density at radius 3 is 2.79 bits per heavy atom. The van der Waals surface area contributed by atoms with E-state index >= 15 is 0 Å². The Morgan fingerprint density at radius 2 is 2.16 bits per heavy atom. The summed E-state index contributed by atoms with van der Waals surface area (Å²) in [6, 6.07) is 1.31. The van der Waals surface area contributed by atoms with Gasteiger partial charge in [-0.15, -0.1) is 0 Å². The molecule has 1 fully saturated rings. The highest BCUT2D eigenvalue weighted by Gasteiger charge is 2.35. The number of ether oxygens (including phenoxy) is 1. The Balaban J connectivity index is 2.14. The number of rotatable bonds is 2. The van der Waals surface area contributed by atoms with Crippen molar-refractivity contribution in [1.82, 2.24) is 9.97 Å². The zero-order valence-electron chi connectivity index (χ0n) is 10.2. The van der Waals surface area contributed by atoms with Crippen molar-refractivity contribution in [3.63, 3.8) is 0 Å². The molecule has 0 aromatic carbocycles. The molecule has 0 bridgehead atoms. The molecule has 0 amide bonds. The Morgan fingerprint density at radius 1 is 1.42 bits per heavy atom. The van der Waals surface area contributed by atoms with Gasteiger partial charge in [0.25, 0.3) is 0 Å². The molecule has 4 nitrogen and oxygen atoms in total. The van der Waals surface area contributed by atoms with E-state index in [-0.39, 0.29) is 23.1 Å². The number of alkyl halides is 3. The SMILES string of the molecule is CC1CC(Nc2cc(Cl)nc(C(F)(F)F)n2)CCO1. The van der Waals surface area contributed by atoms with Crippen LogP contribution in [0.25, 0.3) is 0 Å². The molecule has 19 heavy (non-hydrogen) atoms. The van der Waals surface area contributed by atoms with E-state index in [9.17, 15) is 13.2 Å².